The van der Waals surface area contributed by atoms with Gasteiger partial charge in [-0.1, -0.05) is 66.8 Å². The molecule has 3 unspecified atom stereocenters. The van der Waals surface area contributed by atoms with Gasteiger partial charge in [0.1, 0.15) is 6.17 Å². The van der Waals surface area contributed by atoms with E-state index in [1.807, 2.05) is 49.7 Å². The van der Waals surface area contributed by atoms with Crippen molar-refractivity contribution in [1.29, 1.82) is 0 Å². The molecule has 0 saturated carbocycles. The van der Waals surface area contributed by atoms with Crippen LogP contribution in [0.5, 0.6) is 0 Å². The first-order chi connectivity index (χ1) is 15.6. The zero-order valence-corrected chi connectivity index (χ0v) is 18.5. The van der Waals surface area contributed by atoms with Crippen molar-refractivity contribution in [2.45, 2.75) is 38.8 Å². The van der Waals surface area contributed by atoms with Crippen molar-refractivity contribution in [3.63, 3.8) is 0 Å². The van der Waals surface area contributed by atoms with Crippen LogP contribution >= 0.6 is 0 Å². The number of allylic oxidation sites excluding steroid dienone is 9. The minimum absolute atomic E-state index is 0.0246. The van der Waals surface area contributed by atoms with Gasteiger partial charge in [0.2, 0.25) is 6.41 Å². The summed E-state index contributed by atoms with van der Waals surface area (Å²) in [5.74, 6) is 0.0246. The van der Waals surface area contributed by atoms with E-state index in [1.54, 1.807) is 12.2 Å². The lowest BCUT2D eigenvalue weighted by Gasteiger charge is -2.27. The molecule has 1 aromatic heterocycles. The highest BCUT2D eigenvalue weighted by Crippen LogP contribution is 2.34. The molecule has 6 heteroatoms. The second-order valence-electron chi connectivity index (χ2n) is 7.83. The highest BCUT2D eigenvalue weighted by molar-refractivity contribution is 5.68. The predicted molar refractivity (Wildman–Crippen MR) is 127 cm³/mol. The molecule has 0 radical (unpaired) electrons. The standard InChI is InChI=1S/C26H32FN3O2/c1-3-5-6-19(4-2)18-32-26(31)28-17-25(22-11-13-24(27)14-12-22)21-9-7-20(8-10-21)23-15-29-30-16-23/h3-7,9,11-13,15-16,24-26,28,31H,2,8,10,14,17-18H2,1H3,(H,29,30)/b5-3?,19-6+. The highest BCUT2D eigenvalue weighted by Gasteiger charge is 2.23. The van der Waals surface area contributed by atoms with Gasteiger partial charge in [-0.15, -0.1) is 0 Å². The number of hydrogen-bond donors (Lipinski definition) is 3. The maximum absolute atomic E-state index is 13.6. The van der Waals surface area contributed by atoms with Crippen molar-refractivity contribution in [2.24, 2.45) is 5.92 Å². The molecule has 1 aromatic rings. The fourth-order valence-electron chi connectivity index (χ4n) is 3.79. The molecule has 0 amide bonds. The number of hydrogen-bond acceptors (Lipinski definition) is 4. The molecular formula is C26H32FN3O2. The molecule has 0 spiro atoms. The lowest BCUT2D eigenvalue weighted by molar-refractivity contribution is -0.112. The van der Waals surface area contributed by atoms with E-state index in [0.29, 0.717) is 13.0 Å². The lowest BCUT2D eigenvalue weighted by Crippen LogP contribution is -2.37. The van der Waals surface area contributed by atoms with Crippen molar-refractivity contribution < 1.29 is 14.2 Å². The van der Waals surface area contributed by atoms with Gasteiger partial charge in [-0.3, -0.25) is 10.4 Å². The summed E-state index contributed by atoms with van der Waals surface area (Å²) in [7, 11) is 0. The van der Waals surface area contributed by atoms with Crippen molar-refractivity contribution >= 4 is 5.57 Å². The monoisotopic (exact) mass is 437 g/mol. The van der Waals surface area contributed by atoms with Gasteiger partial charge in [-0.25, -0.2) is 4.39 Å². The van der Waals surface area contributed by atoms with Crippen LogP contribution in [0.2, 0.25) is 0 Å². The van der Waals surface area contributed by atoms with E-state index in [-0.39, 0.29) is 12.5 Å². The van der Waals surface area contributed by atoms with Crippen LogP contribution in [0.25, 0.3) is 5.57 Å². The Labute approximate surface area is 189 Å². The van der Waals surface area contributed by atoms with Gasteiger partial charge in [0.25, 0.3) is 0 Å². The van der Waals surface area contributed by atoms with Gasteiger partial charge in [0.05, 0.1) is 12.8 Å². The summed E-state index contributed by atoms with van der Waals surface area (Å²) in [6.07, 6.45) is 20.9. The van der Waals surface area contributed by atoms with Crippen LogP contribution in [0.1, 0.15) is 31.7 Å². The molecule has 0 saturated heterocycles. The molecule has 3 atom stereocenters. The minimum atomic E-state index is -1.12. The van der Waals surface area contributed by atoms with Crippen LogP contribution in [0.15, 0.2) is 90.4 Å². The Morgan fingerprint density at radius 3 is 2.94 bits per heavy atom. The Balaban J connectivity index is 1.66. The summed E-state index contributed by atoms with van der Waals surface area (Å²) in [4.78, 5) is 0. The lowest BCUT2D eigenvalue weighted by atomic mass is 9.82. The number of nitrogens with one attached hydrogen (secondary N) is 2. The summed E-state index contributed by atoms with van der Waals surface area (Å²) in [5, 5.41) is 20.3. The summed E-state index contributed by atoms with van der Waals surface area (Å²) in [6.45, 7) is 6.43. The summed E-state index contributed by atoms with van der Waals surface area (Å²) in [5.41, 5.74) is 5.51. The number of nitrogens with zero attached hydrogens (tertiary/aromatic N) is 1. The van der Waals surface area contributed by atoms with E-state index in [1.165, 1.54) is 11.1 Å². The van der Waals surface area contributed by atoms with E-state index < -0.39 is 12.6 Å². The Morgan fingerprint density at radius 2 is 2.31 bits per heavy atom. The molecule has 1 heterocycles. The number of aromatic amines is 1. The third-order valence-corrected chi connectivity index (χ3v) is 5.65. The molecule has 0 aromatic carbocycles. The maximum atomic E-state index is 13.6. The number of rotatable bonds is 11. The predicted octanol–water partition coefficient (Wildman–Crippen LogP) is 4.92. The van der Waals surface area contributed by atoms with Crippen LogP contribution in [0.3, 0.4) is 0 Å². The molecule has 32 heavy (non-hydrogen) atoms. The normalized spacial score (nSPS) is 21.2. The number of alkyl halides is 1. The van der Waals surface area contributed by atoms with Crippen molar-refractivity contribution in [3.05, 3.63) is 95.9 Å². The van der Waals surface area contributed by atoms with Gasteiger partial charge in [-0.2, -0.15) is 5.10 Å². The third-order valence-electron chi connectivity index (χ3n) is 5.65. The van der Waals surface area contributed by atoms with Crippen LogP contribution in [0, 0.1) is 5.92 Å². The number of aliphatic hydroxyl groups excluding tert-OH is 1. The second-order valence-corrected chi connectivity index (χ2v) is 7.83. The van der Waals surface area contributed by atoms with E-state index >= 15 is 0 Å². The van der Waals surface area contributed by atoms with E-state index in [2.05, 4.69) is 34.2 Å². The molecule has 5 nitrogen and oxygen atoms in total. The highest BCUT2D eigenvalue weighted by atomic mass is 19.1. The number of H-pyrrole nitrogens is 1. The molecular weight excluding hydrogens is 405 g/mol. The first-order valence-electron chi connectivity index (χ1n) is 11.0. The fourth-order valence-corrected chi connectivity index (χ4v) is 3.79. The smallest absolute Gasteiger partial charge is 0.213 e. The minimum Gasteiger partial charge on any atom is -0.356 e. The maximum Gasteiger partial charge on any atom is 0.213 e. The van der Waals surface area contributed by atoms with Crippen LogP contribution in [-0.2, 0) is 4.74 Å². The topological polar surface area (TPSA) is 70.2 Å². The van der Waals surface area contributed by atoms with E-state index in [4.69, 9.17) is 4.74 Å². The molecule has 3 N–H and O–H groups in total. The summed E-state index contributed by atoms with van der Waals surface area (Å²) in [6, 6.07) is 0. The average Bonchev–Trinajstić information content (AvgIpc) is 3.36. The van der Waals surface area contributed by atoms with Gasteiger partial charge < -0.3 is 9.84 Å². The molecule has 2 aliphatic carbocycles. The number of halogens is 1. The zero-order chi connectivity index (χ0) is 22.8. The van der Waals surface area contributed by atoms with Crippen LogP contribution < -0.4 is 5.32 Å². The van der Waals surface area contributed by atoms with E-state index in [0.717, 1.165) is 29.6 Å². The quantitative estimate of drug-likeness (QED) is 0.339. The number of ether oxygens (including phenoxy) is 1. The van der Waals surface area contributed by atoms with Gasteiger partial charge >= 0.3 is 0 Å². The third kappa shape index (κ3) is 6.85. The Morgan fingerprint density at radius 1 is 1.44 bits per heavy atom. The number of aromatic nitrogens is 2. The van der Waals surface area contributed by atoms with Crippen molar-refractivity contribution in [1.82, 2.24) is 15.5 Å². The van der Waals surface area contributed by atoms with Gasteiger partial charge in [0.15, 0.2) is 0 Å². The van der Waals surface area contributed by atoms with Crippen LogP contribution in [-0.4, -0.2) is 41.0 Å². The first-order valence-corrected chi connectivity index (χ1v) is 11.0. The Bertz CT molecular complexity index is 938. The summed E-state index contributed by atoms with van der Waals surface area (Å²) >= 11 is 0. The van der Waals surface area contributed by atoms with Crippen molar-refractivity contribution in [3.8, 4) is 0 Å². The van der Waals surface area contributed by atoms with Gasteiger partial charge in [-0.05, 0) is 36.5 Å². The SMILES string of the molecule is C=C/C(=C\C=CC)COC(O)NCC(C1=CCC(F)C=C1)C1=CC=C(c2cn[nH]c2)CC1. The molecule has 0 bridgehead atoms. The first kappa shape index (κ1) is 23.9. The van der Waals surface area contributed by atoms with Crippen LogP contribution in [0.4, 0.5) is 4.39 Å². The molecule has 2 aliphatic rings. The largest absolute Gasteiger partial charge is 0.356 e. The Hall–Kier alpha value is -2.80. The molecule has 0 aliphatic heterocycles. The number of aliphatic hydroxyl groups is 1. The van der Waals surface area contributed by atoms with E-state index in [9.17, 15) is 9.50 Å². The summed E-state index contributed by atoms with van der Waals surface area (Å²) < 4.78 is 19.2. The molecule has 170 valence electrons. The molecule has 3 rings (SSSR count). The fraction of sp³-hybridized carbons (Fsp3) is 0.346. The zero-order valence-electron chi connectivity index (χ0n) is 18.5. The van der Waals surface area contributed by atoms with Gasteiger partial charge in [0, 0.05) is 30.6 Å². The average molecular weight is 438 g/mol. The molecule has 0 fully saturated rings. The van der Waals surface area contributed by atoms with Crippen molar-refractivity contribution in [2.75, 3.05) is 13.2 Å². The second kappa shape index (κ2) is 12.3. The Kier molecular flexibility index (Phi) is 9.16.